The summed E-state index contributed by atoms with van der Waals surface area (Å²) in [6, 6.07) is 3.47. The minimum absolute atomic E-state index is 0.195. The second-order valence-electron chi connectivity index (χ2n) is 6.57. The van der Waals surface area contributed by atoms with Gasteiger partial charge in [0.25, 0.3) is 0 Å². The Labute approximate surface area is 258 Å². The molecule has 0 aliphatic rings. The quantitative estimate of drug-likeness (QED) is 0.104. The number of hydrogen-bond acceptors (Lipinski definition) is 12. The standard InChI is InChI=1S/C11H11BrN4O2S.C8H9BrN2O2S.C3H3BrN2/c1-2-18-10(17)7-19-11-13-4-3-9(15-11)16-6-8(12)5-14-16;1-2-13-7(12)5-14-8-10-4-3-6(9)11-8;4-3-1-5-6-2-3/h3-6H,2,7H2,1H3;3-4H,2,5H2,1H3;1-2H,(H,5,6). The zero-order valence-corrected chi connectivity index (χ0v) is 27.1. The number of hydrogen-bond donors (Lipinski definition) is 1. The van der Waals surface area contributed by atoms with Crippen LogP contribution in [0.4, 0.5) is 0 Å². The largest absolute Gasteiger partial charge is 0.465 e. The van der Waals surface area contributed by atoms with Crippen molar-refractivity contribution in [1.82, 2.24) is 39.9 Å². The number of rotatable bonds is 9. The van der Waals surface area contributed by atoms with Gasteiger partial charge >= 0.3 is 11.9 Å². The van der Waals surface area contributed by atoms with Gasteiger partial charge in [-0.2, -0.15) is 10.2 Å². The molecule has 4 rings (SSSR count). The molecule has 208 valence electrons. The molecule has 0 aromatic carbocycles. The fraction of sp³-hybridized carbons (Fsp3) is 0.273. The van der Waals surface area contributed by atoms with Crippen LogP contribution in [0.2, 0.25) is 0 Å². The summed E-state index contributed by atoms with van der Waals surface area (Å²) in [7, 11) is 0. The van der Waals surface area contributed by atoms with Crippen molar-refractivity contribution in [2.45, 2.75) is 24.2 Å². The lowest BCUT2D eigenvalue weighted by molar-refractivity contribution is -0.140. The first-order chi connectivity index (χ1) is 18.8. The molecule has 12 nitrogen and oxygen atoms in total. The number of thioether (sulfide) groups is 2. The normalized spacial score (nSPS) is 9.97. The predicted molar refractivity (Wildman–Crippen MR) is 158 cm³/mol. The summed E-state index contributed by atoms with van der Waals surface area (Å²) in [5.74, 6) is 0.557. The second kappa shape index (κ2) is 18.9. The predicted octanol–water partition coefficient (Wildman–Crippen LogP) is 5.15. The van der Waals surface area contributed by atoms with Crippen molar-refractivity contribution in [1.29, 1.82) is 0 Å². The van der Waals surface area contributed by atoms with Crippen molar-refractivity contribution in [2.24, 2.45) is 0 Å². The minimum atomic E-state index is -0.275. The fourth-order valence-electron chi connectivity index (χ4n) is 2.23. The highest BCUT2D eigenvalue weighted by Crippen LogP contribution is 2.16. The SMILES string of the molecule is Brc1cn[nH]c1.CCOC(=O)CSc1nccc(-n2cc(Br)cn2)n1.CCOC(=O)CSc1nccc(Br)n1. The molecule has 0 aliphatic carbocycles. The Balaban J connectivity index is 0.000000232. The number of ether oxygens (including phenoxy) is 2. The summed E-state index contributed by atoms with van der Waals surface area (Å²) in [5.41, 5.74) is 0. The molecular formula is C22H23Br3N8O4S2. The summed E-state index contributed by atoms with van der Waals surface area (Å²) >= 11 is 12.2. The van der Waals surface area contributed by atoms with E-state index < -0.39 is 0 Å². The Morgan fingerprint density at radius 1 is 0.897 bits per heavy atom. The summed E-state index contributed by atoms with van der Waals surface area (Å²) in [6.45, 7) is 4.33. The molecule has 4 aromatic rings. The molecule has 0 aliphatic heterocycles. The maximum atomic E-state index is 11.3. The first kappa shape index (κ1) is 32.9. The van der Waals surface area contributed by atoms with E-state index in [2.05, 4.69) is 83.0 Å². The van der Waals surface area contributed by atoms with E-state index in [4.69, 9.17) is 9.47 Å². The average molecular weight is 767 g/mol. The summed E-state index contributed by atoms with van der Waals surface area (Å²) < 4.78 is 13.8. The second-order valence-corrected chi connectivity index (χ2v) is 11.1. The van der Waals surface area contributed by atoms with Crippen LogP contribution in [0.1, 0.15) is 13.8 Å². The topological polar surface area (TPSA) is 151 Å². The summed E-state index contributed by atoms with van der Waals surface area (Å²) in [6.07, 6.45) is 10.2. The molecule has 0 saturated heterocycles. The van der Waals surface area contributed by atoms with Crippen molar-refractivity contribution >= 4 is 83.3 Å². The van der Waals surface area contributed by atoms with Gasteiger partial charge in [0.05, 0.1) is 46.1 Å². The molecule has 0 amide bonds. The summed E-state index contributed by atoms with van der Waals surface area (Å²) in [5, 5.41) is 11.5. The maximum Gasteiger partial charge on any atom is 0.316 e. The van der Waals surface area contributed by atoms with Gasteiger partial charge in [0.1, 0.15) is 4.60 Å². The molecule has 17 heteroatoms. The number of aromatic nitrogens is 8. The molecule has 0 saturated carbocycles. The number of aromatic amines is 1. The van der Waals surface area contributed by atoms with Gasteiger partial charge in [0.2, 0.25) is 0 Å². The van der Waals surface area contributed by atoms with Crippen LogP contribution in [0.3, 0.4) is 0 Å². The lowest BCUT2D eigenvalue weighted by atomic mass is 10.6. The Hall–Kier alpha value is -2.34. The van der Waals surface area contributed by atoms with Crippen LogP contribution < -0.4 is 0 Å². The van der Waals surface area contributed by atoms with E-state index in [1.54, 1.807) is 67.8 Å². The average Bonchev–Trinajstić information content (AvgIpc) is 3.58. The van der Waals surface area contributed by atoms with E-state index in [9.17, 15) is 9.59 Å². The fourth-order valence-corrected chi connectivity index (χ4v) is 4.38. The molecule has 1 N–H and O–H groups in total. The Morgan fingerprint density at radius 3 is 1.97 bits per heavy atom. The molecule has 4 aromatic heterocycles. The van der Waals surface area contributed by atoms with Crippen LogP contribution in [0.25, 0.3) is 5.82 Å². The van der Waals surface area contributed by atoms with E-state index in [0.29, 0.717) is 33.9 Å². The number of carbonyl (C=O) groups excluding carboxylic acids is 2. The lowest BCUT2D eigenvalue weighted by Gasteiger charge is -2.03. The number of H-pyrrole nitrogens is 1. The Morgan fingerprint density at radius 2 is 1.51 bits per heavy atom. The van der Waals surface area contributed by atoms with Gasteiger partial charge in [0, 0.05) is 30.9 Å². The highest BCUT2D eigenvalue weighted by atomic mass is 79.9. The molecule has 0 bridgehead atoms. The van der Waals surface area contributed by atoms with Gasteiger partial charge in [-0.05, 0) is 67.7 Å². The first-order valence-electron chi connectivity index (χ1n) is 11.0. The van der Waals surface area contributed by atoms with Crippen molar-refractivity contribution in [3.05, 3.63) is 62.9 Å². The molecule has 0 radical (unpaired) electrons. The molecule has 0 unspecified atom stereocenters. The molecule has 0 fully saturated rings. The van der Waals surface area contributed by atoms with Crippen molar-refractivity contribution in [3.8, 4) is 5.82 Å². The van der Waals surface area contributed by atoms with E-state index in [1.165, 1.54) is 23.5 Å². The third-order valence-corrected chi connectivity index (χ3v) is 6.67. The number of halogens is 3. The van der Waals surface area contributed by atoms with Gasteiger partial charge in [-0.1, -0.05) is 23.5 Å². The van der Waals surface area contributed by atoms with E-state index in [-0.39, 0.29) is 23.4 Å². The van der Waals surface area contributed by atoms with Gasteiger partial charge in [-0.25, -0.2) is 24.6 Å². The van der Waals surface area contributed by atoms with Crippen molar-refractivity contribution in [2.75, 3.05) is 24.7 Å². The van der Waals surface area contributed by atoms with Crippen LogP contribution in [0.15, 0.2) is 73.2 Å². The van der Waals surface area contributed by atoms with E-state index in [0.717, 1.165) is 8.95 Å². The van der Waals surface area contributed by atoms with Gasteiger partial charge in [0.15, 0.2) is 16.1 Å². The molecule has 4 heterocycles. The number of carbonyl (C=O) groups is 2. The molecule has 0 atom stereocenters. The maximum absolute atomic E-state index is 11.3. The van der Waals surface area contributed by atoms with Gasteiger partial charge in [-0.15, -0.1) is 0 Å². The first-order valence-corrected chi connectivity index (χ1v) is 15.4. The monoisotopic (exact) mass is 764 g/mol. The van der Waals surface area contributed by atoms with Crippen LogP contribution in [-0.4, -0.2) is 76.6 Å². The highest BCUT2D eigenvalue weighted by Gasteiger charge is 2.08. The third-order valence-electron chi connectivity index (χ3n) is 3.72. The third kappa shape index (κ3) is 14.0. The molecule has 39 heavy (non-hydrogen) atoms. The van der Waals surface area contributed by atoms with E-state index >= 15 is 0 Å². The zero-order valence-electron chi connectivity index (χ0n) is 20.7. The van der Waals surface area contributed by atoms with Gasteiger partial charge < -0.3 is 9.47 Å². The van der Waals surface area contributed by atoms with Gasteiger partial charge in [-0.3, -0.25) is 14.7 Å². The van der Waals surface area contributed by atoms with Crippen LogP contribution in [0, 0.1) is 0 Å². The highest BCUT2D eigenvalue weighted by molar-refractivity contribution is 9.11. The molecule has 0 spiro atoms. The van der Waals surface area contributed by atoms with Crippen LogP contribution in [-0.2, 0) is 19.1 Å². The lowest BCUT2D eigenvalue weighted by Crippen LogP contribution is -2.07. The Kier molecular flexibility index (Phi) is 15.9. The zero-order chi connectivity index (χ0) is 28.5. The van der Waals surface area contributed by atoms with Crippen molar-refractivity contribution in [3.63, 3.8) is 0 Å². The number of nitrogens with one attached hydrogen (secondary N) is 1. The van der Waals surface area contributed by atoms with E-state index in [1.807, 2.05) is 0 Å². The van der Waals surface area contributed by atoms with Crippen LogP contribution in [0.5, 0.6) is 0 Å². The van der Waals surface area contributed by atoms with Crippen molar-refractivity contribution < 1.29 is 19.1 Å². The number of esters is 2. The Bertz CT molecular complexity index is 1300. The number of nitrogens with zero attached hydrogens (tertiary/aromatic N) is 7. The minimum Gasteiger partial charge on any atom is -0.465 e. The van der Waals surface area contributed by atoms with Crippen LogP contribution >= 0.6 is 71.3 Å². The summed E-state index contributed by atoms with van der Waals surface area (Å²) in [4.78, 5) is 38.7. The smallest absolute Gasteiger partial charge is 0.316 e. The molecular weight excluding hydrogens is 744 g/mol.